The number of urea groups is 1. The fourth-order valence-corrected chi connectivity index (χ4v) is 7.04. The molecule has 2 aliphatic rings. The monoisotopic (exact) mass is 722 g/mol. The van der Waals surface area contributed by atoms with Crippen LogP contribution in [0.15, 0.2) is 79.4 Å². The summed E-state index contributed by atoms with van der Waals surface area (Å²) < 4.78 is 1.73. The van der Waals surface area contributed by atoms with Crippen molar-refractivity contribution < 1.29 is 30.0 Å². The Morgan fingerprint density at radius 3 is 2.25 bits per heavy atom. The number of aromatic nitrogens is 5. The molecule has 5 atom stereocenters. The van der Waals surface area contributed by atoms with E-state index in [0.717, 1.165) is 11.1 Å². The molecule has 0 unspecified atom stereocenters. The smallest absolute Gasteiger partial charge is 0.319 e. The third kappa shape index (κ3) is 7.78. The van der Waals surface area contributed by atoms with Gasteiger partial charge < -0.3 is 51.2 Å². The van der Waals surface area contributed by atoms with E-state index in [4.69, 9.17) is 9.97 Å². The van der Waals surface area contributed by atoms with E-state index in [9.17, 15) is 30.0 Å². The molecule has 5 aromatic rings. The minimum atomic E-state index is -1.20. The van der Waals surface area contributed by atoms with Crippen molar-refractivity contribution >= 4 is 40.6 Å². The molecule has 1 saturated carbocycles. The largest absolute Gasteiger partial charge is 0.508 e. The van der Waals surface area contributed by atoms with Crippen LogP contribution in [-0.4, -0.2) is 101 Å². The van der Waals surface area contributed by atoms with E-state index < -0.39 is 24.3 Å². The molecule has 7 rings (SSSR count). The summed E-state index contributed by atoms with van der Waals surface area (Å²) in [6, 6.07) is 15.4. The number of anilines is 3. The summed E-state index contributed by atoms with van der Waals surface area (Å²) in [5.74, 6) is 0.653. The Balaban J connectivity index is 1.19. The van der Waals surface area contributed by atoms with Crippen molar-refractivity contribution in [1.29, 1.82) is 0 Å². The molecular weight excluding hydrogens is 680 g/mol. The number of aromatic hydroxyl groups is 2. The van der Waals surface area contributed by atoms with Crippen LogP contribution in [-0.2, 0) is 4.79 Å². The Bertz CT molecular complexity index is 2000. The van der Waals surface area contributed by atoms with E-state index in [1.807, 2.05) is 29.2 Å². The summed E-state index contributed by atoms with van der Waals surface area (Å²) in [6.45, 7) is 3.06. The number of hydrogen-bond acceptors (Lipinski definition) is 12. The van der Waals surface area contributed by atoms with Gasteiger partial charge in [-0.15, -0.1) is 0 Å². The Morgan fingerprint density at radius 1 is 0.906 bits per heavy atom. The van der Waals surface area contributed by atoms with Crippen LogP contribution in [0.2, 0.25) is 0 Å². The number of nitrogens with zero attached hydrogens (tertiary/aromatic N) is 6. The third-order valence-corrected chi connectivity index (χ3v) is 9.90. The van der Waals surface area contributed by atoms with Crippen LogP contribution in [0.3, 0.4) is 0 Å². The minimum absolute atomic E-state index is 0.142. The van der Waals surface area contributed by atoms with Gasteiger partial charge in [0.15, 0.2) is 17.0 Å². The molecular formula is C37H42N10O6. The van der Waals surface area contributed by atoms with Gasteiger partial charge in [0.25, 0.3) is 0 Å². The summed E-state index contributed by atoms with van der Waals surface area (Å²) in [6.07, 6.45) is 3.52. The van der Waals surface area contributed by atoms with E-state index in [1.165, 1.54) is 0 Å². The summed E-state index contributed by atoms with van der Waals surface area (Å²) in [5, 5.41) is 54.2. The van der Waals surface area contributed by atoms with Gasteiger partial charge in [-0.3, -0.25) is 9.78 Å². The Kier molecular flexibility index (Phi) is 10.2. The molecule has 16 nitrogen and oxygen atoms in total. The number of amides is 3. The van der Waals surface area contributed by atoms with Crippen molar-refractivity contribution in [2.45, 2.75) is 62.4 Å². The molecule has 16 heteroatoms. The van der Waals surface area contributed by atoms with Gasteiger partial charge in [-0.2, -0.15) is 9.97 Å². The maximum absolute atomic E-state index is 12.8. The zero-order chi connectivity index (χ0) is 37.1. The summed E-state index contributed by atoms with van der Waals surface area (Å²) in [7, 11) is 0. The molecule has 8 N–H and O–H groups in total. The van der Waals surface area contributed by atoms with Crippen LogP contribution in [0.5, 0.6) is 11.5 Å². The van der Waals surface area contributed by atoms with E-state index in [2.05, 4.69) is 31.2 Å². The van der Waals surface area contributed by atoms with E-state index in [0.29, 0.717) is 54.7 Å². The molecule has 0 radical (unpaired) electrons. The molecule has 0 spiro atoms. The predicted octanol–water partition coefficient (Wildman–Crippen LogP) is 2.84. The summed E-state index contributed by atoms with van der Waals surface area (Å²) >= 11 is 0. The average molecular weight is 723 g/mol. The topological polar surface area (TPSA) is 223 Å². The quantitative estimate of drug-likeness (QED) is 0.0986. The molecule has 1 aliphatic heterocycles. The number of imidazole rings is 1. The van der Waals surface area contributed by atoms with Crippen molar-refractivity contribution in [2.24, 2.45) is 0 Å². The highest BCUT2D eigenvalue weighted by atomic mass is 16.3. The SMILES string of the molecule is CCC(=O)N[C@H]1C[C@@H](n2cnc3c(NCC(c4ccc(O)cc4)c4ccc(O)cc4)nc(N4CC[C@@H](NC(=O)Nc5ccncc5)C4)nc32)[C@H](O)[C@@H]1O. The molecule has 1 saturated heterocycles. The van der Waals surface area contributed by atoms with Gasteiger partial charge in [-0.05, 0) is 60.4 Å². The Hall–Kier alpha value is -6.00. The lowest BCUT2D eigenvalue weighted by Gasteiger charge is -2.22. The van der Waals surface area contributed by atoms with E-state index in [-0.39, 0.29) is 48.2 Å². The van der Waals surface area contributed by atoms with Gasteiger partial charge in [0, 0.05) is 56.1 Å². The molecule has 3 amide bonds. The lowest BCUT2D eigenvalue weighted by atomic mass is 9.91. The second-order valence-electron chi connectivity index (χ2n) is 13.4. The van der Waals surface area contributed by atoms with E-state index in [1.54, 1.807) is 66.6 Å². The second kappa shape index (κ2) is 15.3. The maximum Gasteiger partial charge on any atom is 0.319 e. The highest BCUT2D eigenvalue weighted by Crippen LogP contribution is 2.36. The number of phenolic OH excluding ortho intramolecular Hbond substituents is 2. The molecule has 53 heavy (non-hydrogen) atoms. The minimum Gasteiger partial charge on any atom is -0.508 e. The molecule has 3 aromatic heterocycles. The third-order valence-electron chi connectivity index (χ3n) is 9.90. The average Bonchev–Trinajstić information content (AvgIpc) is 3.88. The highest BCUT2D eigenvalue weighted by Gasteiger charge is 2.44. The van der Waals surface area contributed by atoms with Crippen LogP contribution in [0.1, 0.15) is 49.3 Å². The van der Waals surface area contributed by atoms with Gasteiger partial charge in [0.2, 0.25) is 11.9 Å². The first kappa shape index (κ1) is 35.4. The number of aliphatic hydroxyl groups excluding tert-OH is 2. The van der Waals surface area contributed by atoms with Gasteiger partial charge in [-0.25, -0.2) is 9.78 Å². The first-order valence-electron chi connectivity index (χ1n) is 17.6. The number of nitrogens with one attached hydrogen (secondary N) is 4. The number of carbonyl (C=O) groups excluding carboxylic acids is 2. The lowest BCUT2D eigenvalue weighted by Crippen LogP contribution is -2.42. The van der Waals surface area contributed by atoms with Crippen molar-refractivity contribution in [3.63, 3.8) is 0 Å². The van der Waals surface area contributed by atoms with Gasteiger partial charge in [0.05, 0.1) is 18.4 Å². The van der Waals surface area contributed by atoms with Crippen LogP contribution < -0.4 is 26.2 Å². The summed E-state index contributed by atoms with van der Waals surface area (Å²) in [4.78, 5) is 45.5. The number of benzene rings is 2. The zero-order valence-electron chi connectivity index (χ0n) is 29.0. The number of rotatable bonds is 11. The predicted molar refractivity (Wildman–Crippen MR) is 197 cm³/mol. The fourth-order valence-electron chi connectivity index (χ4n) is 7.04. The number of carbonyl (C=O) groups is 2. The molecule has 0 bridgehead atoms. The maximum atomic E-state index is 12.8. The van der Waals surface area contributed by atoms with Gasteiger partial charge in [-0.1, -0.05) is 31.2 Å². The number of phenols is 2. The number of fused-ring (bicyclic) bond motifs is 1. The molecule has 2 fully saturated rings. The van der Waals surface area contributed by atoms with Crippen LogP contribution in [0.25, 0.3) is 11.2 Å². The molecule has 1 aliphatic carbocycles. The standard InChI is InChI=1S/C37H42N10O6/c1-2-30(50)43-28-17-29(33(52)32(28)51)47-20-40-31-34(39-18-27(21-3-7-25(48)8-4-21)22-5-9-26(49)10-6-22)44-36(45-35(31)47)46-16-13-24(19-46)42-37(53)41-23-11-14-38-15-12-23/h3-12,14-15,20,24,27-29,32-33,48-49,51-52H,2,13,16-19H2,1H3,(H,43,50)(H,39,44,45)(H2,38,41,42,53)/t24-,28+,29-,32-,33+/m1/s1. The molecule has 276 valence electrons. The fraction of sp³-hybridized carbons (Fsp3) is 0.351. The zero-order valence-corrected chi connectivity index (χ0v) is 29.0. The van der Waals surface area contributed by atoms with Crippen LogP contribution >= 0.6 is 0 Å². The van der Waals surface area contributed by atoms with Crippen molar-refractivity contribution in [2.75, 3.05) is 35.2 Å². The first-order chi connectivity index (χ1) is 25.7. The highest BCUT2D eigenvalue weighted by molar-refractivity contribution is 5.89. The number of hydrogen-bond donors (Lipinski definition) is 8. The first-order valence-corrected chi connectivity index (χ1v) is 17.6. The Morgan fingerprint density at radius 2 is 1.58 bits per heavy atom. The lowest BCUT2D eigenvalue weighted by molar-refractivity contribution is -0.122. The normalized spacial score (nSPS) is 21.2. The van der Waals surface area contributed by atoms with Crippen molar-refractivity contribution in [1.82, 2.24) is 35.1 Å². The van der Waals surface area contributed by atoms with Crippen molar-refractivity contribution in [3.05, 3.63) is 90.5 Å². The van der Waals surface area contributed by atoms with Gasteiger partial charge in [0.1, 0.15) is 23.7 Å². The number of pyridine rings is 1. The van der Waals surface area contributed by atoms with E-state index >= 15 is 0 Å². The van der Waals surface area contributed by atoms with Gasteiger partial charge >= 0.3 is 6.03 Å². The second-order valence-corrected chi connectivity index (χ2v) is 13.4. The summed E-state index contributed by atoms with van der Waals surface area (Å²) in [5.41, 5.74) is 3.32. The number of aliphatic hydroxyl groups is 2. The van der Waals surface area contributed by atoms with Crippen molar-refractivity contribution in [3.8, 4) is 11.5 Å². The van der Waals surface area contributed by atoms with Crippen LogP contribution in [0.4, 0.5) is 22.2 Å². The molecule has 2 aromatic carbocycles. The Labute approximate surface area is 305 Å². The molecule has 4 heterocycles. The van der Waals surface area contributed by atoms with Crippen LogP contribution in [0, 0.1) is 0 Å².